The molecule has 0 heterocycles. The van der Waals surface area contributed by atoms with Crippen molar-refractivity contribution in [1.29, 1.82) is 0 Å². The minimum atomic E-state index is -0.188. The second kappa shape index (κ2) is 7.96. The SMILES string of the molecule is O=C(OC(C1CCCCC1)C1CCC(O)CC1)c1ccccc1. The van der Waals surface area contributed by atoms with Crippen molar-refractivity contribution < 1.29 is 14.6 Å². The Balaban J connectivity index is 1.70. The normalized spacial score (nSPS) is 27.3. The van der Waals surface area contributed by atoms with E-state index in [-0.39, 0.29) is 18.2 Å². The van der Waals surface area contributed by atoms with Gasteiger partial charge in [0.05, 0.1) is 11.7 Å². The van der Waals surface area contributed by atoms with Gasteiger partial charge in [-0.3, -0.25) is 0 Å². The molecule has 0 aliphatic heterocycles. The van der Waals surface area contributed by atoms with Gasteiger partial charge in [0, 0.05) is 0 Å². The summed E-state index contributed by atoms with van der Waals surface area (Å²) >= 11 is 0. The molecule has 1 aromatic rings. The summed E-state index contributed by atoms with van der Waals surface area (Å²) in [5.41, 5.74) is 0.643. The summed E-state index contributed by atoms with van der Waals surface area (Å²) in [6.45, 7) is 0. The van der Waals surface area contributed by atoms with Crippen LogP contribution in [0.2, 0.25) is 0 Å². The van der Waals surface area contributed by atoms with Gasteiger partial charge >= 0.3 is 5.97 Å². The summed E-state index contributed by atoms with van der Waals surface area (Å²) in [4.78, 5) is 12.5. The van der Waals surface area contributed by atoms with Crippen molar-refractivity contribution in [1.82, 2.24) is 0 Å². The molecule has 0 aromatic heterocycles. The Morgan fingerprint density at radius 1 is 0.913 bits per heavy atom. The van der Waals surface area contributed by atoms with E-state index in [0.29, 0.717) is 17.4 Å². The van der Waals surface area contributed by atoms with E-state index in [1.165, 1.54) is 32.1 Å². The number of carbonyl (C=O) groups is 1. The maximum atomic E-state index is 12.5. The highest BCUT2D eigenvalue weighted by atomic mass is 16.5. The zero-order chi connectivity index (χ0) is 16.1. The molecule has 1 unspecified atom stereocenters. The number of aliphatic hydroxyl groups excluding tert-OH is 1. The molecule has 23 heavy (non-hydrogen) atoms. The zero-order valence-corrected chi connectivity index (χ0v) is 13.8. The van der Waals surface area contributed by atoms with Crippen LogP contribution in [0, 0.1) is 11.8 Å². The molecule has 2 aliphatic carbocycles. The minimum Gasteiger partial charge on any atom is -0.458 e. The van der Waals surface area contributed by atoms with E-state index in [2.05, 4.69) is 0 Å². The van der Waals surface area contributed by atoms with Crippen molar-refractivity contribution in [2.75, 3.05) is 0 Å². The number of rotatable bonds is 4. The molecule has 1 atom stereocenters. The Kier molecular flexibility index (Phi) is 5.71. The van der Waals surface area contributed by atoms with Crippen LogP contribution in [0.15, 0.2) is 30.3 Å². The Bertz CT molecular complexity index is 485. The summed E-state index contributed by atoms with van der Waals surface area (Å²) in [6.07, 6.45) is 9.65. The highest BCUT2D eigenvalue weighted by molar-refractivity contribution is 5.89. The average molecular weight is 316 g/mol. The fraction of sp³-hybridized carbons (Fsp3) is 0.650. The summed E-state index contributed by atoms with van der Waals surface area (Å²) in [7, 11) is 0. The van der Waals surface area contributed by atoms with Crippen LogP contribution >= 0.6 is 0 Å². The fourth-order valence-corrected chi connectivity index (χ4v) is 4.24. The lowest BCUT2D eigenvalue weighted by atomic mass is 9.74. The molecule has 0 spiro atoms. The van der Waals surface area contributed by atoms with Gasteiger partial charge in [-0.25, -0.2) is 4.79 Å². The highest BCUT2D eigenvalue weighted by Crippen LogP contribution is 2.37. The lowest BCUT2D eigenvalue weighted by Crippen LogP contribution is -2.38. The predicted molar refractivity (Wildman–Crippen MR) is 90.2 cm³/mol. The minimum absolute atomic E-state index is 0.0236. The van der Waals surface area contributed by atoms with E-state index in [9.17, 15) is 9.90 Å². The maximum Gasteiger partial charge on any atom is 0.338 e. The number of esters is 1. The molecule has 0 saturated heterocycles. The molecule has 2 fully saturated rings. The third-order valence-corrected chi connectivity index (χ3v) is 5.57. The fourth-order valence-electron chi connectivity index (χ4n) is 4.24. The van der Waals surface area contributed by atoms with Gasteiger partial charge in [-0.2, -0.15) is 0 Å². The molecular formula is C20H28O3. The number of hydrogen-bond donors (Lipinski definition) is 1. The van der Waals surface area contributed by atoms with Crippen LogP contribution in [0.3, 0.4) is 0 Å². The van der Waals surface area contributed by atoms with Crippen molar-refractivity contribution in [3.63, 3.8) is 0 Å². The van der Waals surface area contributed by atoms with Gasteiger partial charge in [0.2, 0.25) is 0 Å². The van der Waals surface area contributed by atoms with Crippen LogP contribution in [0.1, 0.15) is 68.1 Å². The molecule has 2 saturated carbocycles. The van der Waals surface area contributed by atoms with Crippen LogP contribution in [-0.2, 0) is 4.74 Å². The van der Waals surface area contributed by atoms with Crippen LogP contribution in [0.5, 0.6) is 0 Å². The summed E-state index contributed by atoms with van der Waals surface area (Å²) in [5.74, 6) is 0.720. The molecule has 0 bridgehead atoms. The van der Waals surface area contributed by atoms with Crippen LogP contribution in [0.25, 0.3) is 0 Å². The smallest absolute Gasteiger partial charge is 0.338 e. The molecule has 0 amide bonds. The van der Waals surface area contributed by atoms with Crippen LogP contribution in [0.4, 0.5) is 0 Å². The topological polar surface area (TPSA) is 46.5 Å². The molecule has 1 N–H and O–H groups in total. The van der Waals surface area contributed by atoms with E-state index < -0.39 is 0 Å². The predicted octanol–water partition coefficient (Wildman–Crippen LogP) is 4.34. The summed E-state index contributed by atoms with van der Waals surface area (Å²) < 4.78 is 6.03. The Morgan fingerprint density at radius 3 is 2.17 bits per heavy atom. The number of carbonyl (C=O) groups excluding carboxylic acids is 1. The maximum absolute atomic E-state index is 12.5. The second-order valence-corrected chi connectivity index (χ2v) is 7.20. The quantitative estimate of drug-likeness (QED) is 0.840. The van der Waals surface area contributed by atoms with E-state index in [1.807, 2.05) is 30.3 Å². The first-order valence-corrected chi connectivity index (χ1v) is 9.18. The molecule has 3 rings (SSSR count). The lowest BCUT2D eigenvalue weighted by molar-refractivity contribution is -0.0323. The van der Waals surface area contributed by atoms with Gasteiger partial charge in [0.1, 0.15) is 6.10 Å². The monoisotopic (exact) mass is 316 g/mol. The van der Waals surface area contributed by atoms with Gasteiger partial charge in [-0.1, -0.05) is 37.5 Å². The molecule has 2 aliphatic rings. The second-order valence-electron chi connectivity index (χ2n) is 7.20. The van der Waals surface area contributed by atoms with Gasteiger partial charge in [0.15, 0.2) is 0 Å². The standard InChI is InChI=1S/C20H28O3/c21-18-13-11-16(12-14-18)19(15-7-3-1-4-8-15)23-20(22)17-9-5-2-6-10-17/h2,5-6,9-10,15-16,18-19,21H,1,3-4,7-8,11-14H2. The van der Waals surface area contributed by atoms with Gasteiger partial charge in [-0.15, -0.1) is 0 Å². The molecule has 3 nitrogen and oxygen atoms in total. The van der Waals surface area contributed by atoms with E-state index in [1.54, 1.807) is 0 Å². The zero-order valence-electron chi connectivity index (χ0n) is 13.8. The Labute approximate surface area is 139 Å². The first-order chi connectivity index (χ1) is 11.2. The molecule has 1 aromatic carbocycles. The van der Waals surface area contributed by atoms with E-state index >= 15 is 0 Å². The number of aliphatic hydroxyl groups is 1. The highest BCUT2D eigenvalue weighted by Gasteiger charge is 2.35. The van der Waals surface area contributed by atoms with Gasteiger partial charge in [-0.05, 0) is 62.5 Å². The molecule has 0 radical (unpaired) electrons. The largest absolute Gasteiger partial charge is 0.458 e. The Hall–Kier alpha value is -1.35. The van der Waals surface area contributed by atoms with Crippen molar-refractivity contribution in [3.8, 4) is 0 Å². The van der Waals surface area contributed by atoms with Crippen LogP contribution < -0.4 is 0 Å². The van der Waals surface area contributed by atoms with Gasteiger partial charge in [0.25, 0.3) is 0 Å². The summed E-state index contributed by atoms with van der Waals surface area (Å²) in [6, 6.07) is 9.32. The Morgan fingerprint density at radius 2 is 1.52 bits per heavy atom. The first-order valence-electron chi connectivity index (χ1n) is 9.18. The lowest BCUT2D eigenvalue weighted by Gasteiger charge is -2.38. The van der Waals surface area contributed by atoms with Crippen molar-refractivity contribution >= 4 is 5.97 Å². The number of ether oxygens (including phenoxy) is 1. The van der Waals surface area contributed by atoms with Crippen molar-refractivity contribution in [3.05, 3.63) is 35.9 Å². The number of hydrogen-bond acceptors (Lipinski definition) is 3. The van der Waals surface area contributed by atoms with Crippen LogP contribution in [-0.4, -0.2) is 23.3 Å². The summed E-state index contributed by atoms with van der Waals surface area (Å²) in [5, 5.41) is 9.77. The van der Waals surface area contributed by atoms with Crippen molar-refractivity contribution in [2.45, 2.75) is 70.0 Å². The molecular weight excluding hydrogens is 288 g/mol. The molecule has 3 heteroatoms. The average Bonchev–Trinajstić information content (AvgIpc) is 2.62. The van der Waals surface area contributed by atoms with Crippen molar-refractivity contribution in [2.24, 2.45) is 11.8 Å². The van der Waals surface area contributed by atoms with Gasteiger partial charge < -0.3 is 9.84 Å². The van der Waals surface area contributed by atoms with E-state index in [4.69, 9.17) is 4.74 Å². The number of benzene rings is 1. The molecule has 126 valence electrons. The van der Waals surface area contributed by atoms with E-state index in [0.717, 1.165) is 25.7 Å². The third kappa shape index (κ3) is 4.35. The third-order valence-electron chi connectivity index (χ3n) is 5.57. The first kappa shape index (κ1) is 16.5.